The maximum atomic E-state index is 12.8. The molecule has 2 amide bonds. The number of esters is 1. The molecule has 2 aromatic heterocycles. The Morgan fingerprint density at radius 1 is 1.06 bits per heavy atom. The predicted molar refractivity (Wildman–Crippen MR) is 117 cm³/mol. The van der Waals surface area contributed by atoms with Gasteiger partial charge in [-0.3, -0.25) is 9.59 Å². The molecular weight excluding hydrogens is 442 g/mol. The van der Waals surface area contributed by atoms with Gasteiger partial charge >= 0.3 is 5.97 Å². The first kappa shape index (κ1) is 22.2. The van der Waals surface area contributed by atoms with Crippen LogP contribution in [0.5, 0.6) is 11.5 Å². The molecule has 0 saturated heterocycles. The monoisotopic (exact) mass is 461 g/mol. The van der Waals surface area contributed by atoms with Gasteiger partial charge in [-0.2, -0.15) is 0 Å². The van der Waals surface area contributed by atoms with Crippen LogP contribution in [0.4, 0.5) is 10.8 Å². The molecule has 3 rings (SSSR count). The van der Waals surface area contributed by atoms with E-state index in [1.165, 1.54) is 55.9 Å². The maximum absolute atomic E-state index is 12.8. The molecule has 0 aliphatic heterocycles. The summed E-state index contributed by atoms with van der Waals surface area (Å²) in [4.78, 5) is 41.1. The predicted octanol–water partition coefficient (Wildman–Crippen LogP) is 3.79. The van der Waals surface area contributed by atoms with Crippen molar-refractivity contribution in [2.45, 2.75) is 13.5 Å². The summed E-state index contributed by atoms with van der Waals surface area (Å²) in [6.07, 6.45) is 0. The fourth-order valence-electron chi connectivity index (χ4n) is 2.54. The molecular formula is C20H19N3O6S2. The van der Waals surface area contributed by atoms with Crippen molar-refractivity contribution in [3.8, 4) is 11.5 Å². The number of benzene rings is 1. The first-order valence-electron chi connectivity index (χ1n) is 8.91. The molecule has 0 aliphatic rings. The highest BCUT2D eigenvalue weighted by atomic mass is 32.1. The number of carbonyl (C=O) groups is 3. The smallest absolute Gasteiger partial charge is 0.340 e. The summed E-state index contributed by atoms with van der Waals surface area (Å²) in [5.41, 5.74) is 0.796. The van der Waals surface area contributed by atoms with E-state index in [1.54, 1.807) is 22.9 Å². The van der Waals surface area contributed by atoms with Crippen LogP contribution in [0.3, 0.4) is 0 Å². The highest BCUT2D eigenvalue weighted by molar-refractivity contribution is 7.14. The summed E-state index contributed by atoms with van der Waals surface area (Å²) < 4.78 is 15.9. The Labute approximate surface area is 186 Å². The van der Waals surface area contributed by atoms with Crippen LogP contribution in [0.2, 0.25) is 0 Å². The number of nitrogens with zero attached hydrogens (tertiary/aromatic N) is 1. The van der Waals surface area contributed by atoms with Crippen molar-refractivity contribution in [2.75, 3.05) is 24.9 Å². The summed E-state index contributed by atoms with van der Waals surface area (Å²) in [5.74, 6) is -0.633. The van der Waals surface area contributed by atoms with Crippen molar-refractivity contribution in [2.24, 2.45) is 0 Å². The number of rotatable bonds is 8. The van der Waals surface area contributed by atoms with E-state index in [4.69, 9.17) is 14.2 Å². The first-order chi connectivity index (χ1) is 14.9. The molecule has 0 atom stereocenters. The molecule has 0 spiro atoms. The van der Waals surface area contributed by atoms with Gasteiger partial charge in [0.05, 0.1) is 36.0 Å². The van der Waals surface area contributed by atoms with Gasteiger partial charge in [0, 0.05) is 24.4 Å². The van der Waals surface area contributed by atoms with Crippen LogP contribution < -0.4 is 20.1 Å². The van der Waals surface area contributed by atoms with E-state index in [0.29, 0.717) is 27.2 Å². The molecule has 31 heavy (non-hydrogen) atoms. The van der Waals surface area contributed by atoms with Gasteiger partial charge in [0.25, 0.3) is 5.91 Å². The molecule has 0 fully saturated rings. The van der Waals surface area contributed by atoms with Crippen molar-refractivity contribution < 1.29 is 28.6 Å². The minimum Gasteiger partial charge on any atom is -0.493 e. The standard InChI is InChI=1S/C20H19N3O6S2/c1-11(24)21-20-22-12(10-31-20)9-29-19(26)13-7-15(27-2)16(28-3)8-14(13)23-18(25)17-5-4-6-30-17/h4-8,10H,9H2,1-3H3,(H,23,25)(H,21,22,24). The average molecular weight is 462 g/mol. The molecule has 162 valence electrons. The van der Waals surface area contributed by atoms with Gasteiger partial charge in [0.2, 0.25) is 5.91 Å². The normalized spacial score (nSPS) is 10.3. The lowest BCUT2D eigenvalue weighted by Gasteiger charge is -2.15. The first-order valence-corrected chi connectivity index (χ1v) is 10.7. The van der Waals surface area contributed by atoms with E-state index in [-0.39, 0.29) is 29.7 Å². The minimum atomic E-state index is -0.684. The fourth-order valence-corrected chi connectivity index (χ4v) is 3.90. The third kappa shape index (κ3) is 5.58. The highest BCUT2D eigenvalue weighted by Crippen LogP contribution is 2.34. The highest BCUT2D eigenvalue weighted by Gasteiger charge is 2.21. The lowest BCUT2D eigenvalue weighted by molar-refractivity contribution is -0.114. The van der Waals surface area contributed by atoms with Crippen molar-refractivity contribution in [1.82, 2.24) is 4.98 Å². The van der Waals surface area contributed by atoms with E-state index in [9.17, 15) is 14.4 Å². The third-order valence-corrected chi connectivity index (χ3v) is 5.60. The number of thiophene rings is 1. The van der Waals surface area contributed by atoms with Crippen molar-refractivity contribution in [3.05, 3.63) is 51.2 Å². The van der Waals surface area contributed by atoms with E-state index in [0.717, 1.165) is 0 Å². The van der Waals surface area contributed by atoms with Gasteiger partial charge in [0.15, 0.2) is 16.6 Å². The zero-order chi connectivity index (χ0) is 22.4. The van der Waals surface area contributed by atoms with E-state index in [1.807, 2.05) is 0 Å². The van der Waals surface area contributed by atoms with Crippen molar-refractivity contribution >= 4 is 51.3 Å². The lowest BCUT2D eigenvalue weighted by atomic mass is 10.1. The van der Waals surface area contributed by atoms with Crippen LogP contribution in [0.1, 0.15) is 32.6 Å². The van der Waals surface area contributed by atoms with Crippen molar-refractivity contribution in [1.29, 1.82) is 0 Å². The molecule has 11 heteroatoms. The van der Waals surface area contributed by atoms with E-state index < -0.39 is 5.97 Å². The molecule has 0 saturated carbocycles. The third-order valence-electron chi connectivity index (χ3n) is 3.92. The quantitative estimate of drug-likeness (QED) is 0.490. The Morgan fingerprint density at radius 3 is 2.45 bits per heavy atom. The summed E-state index contributed by atoms with van der Waals surface area (Å²) in [6.45, 7) is 1.27. The topological polar surface area (TPSA) is 116 Å². The van der Waals surface area contributed by atoms with E-state index in [2.05, 4.69) is 15.6 Å². The van der Waals surface area contributed by atoms with Crippen LogP contribution in [0.25, 0.3) is 0 Å². The van der Waals surface area contributed by atoms with Crippen molar-refractivity contribution in [3.63, 3.8) is 0 Å². The number of thiazole rings is 1. The SMILES string of the molecule is COc1cc(NC(=O)c2cccs2)c(C(=O)OCc2csc(NC(C)=O)n2)cc1OC. The Hall–Kier alpha value is -3.44. The molecule has 0 unspecified atom stereocenters. The van der Waals surface area contributed by atoms with Gasteiger partial charge in [-0.15, -0.1) is 22.7 Å². The average Bonchev–Trinajstić information content (AvgIpc) is 3.43. The maximum Gasteiger partial charge on any atom is 0.340 e. The summed E-state index contributed by atoms with van der Waals surface area (Å²) in [7, 11) is 2.89. The lowest BCUT2D eigenvalue weighted by Crippen LogP contribution is -2.15. The zero-order valence-electron chi connectivity index (χ0n) is 16.9. The second-order valence-electron chi connectivity index (χ2n) is 6.09. The van der Waals surface area contributed by atoms with Gasteiger partial charge in [0.1, 0.15) is 6.61 Å². The Bertz CT molecular complexity index is 1090. The molecule has 2 N–H and O–H groups in total. The number of hydrogen-bond donors (Lipinski definition) is 2. The van der Waals surface area contributed by atoms with Crippen LogP contribution >= 0.6 is 22.7 Å². The number of nitrogens with one attached hydrogen (secondary N) is 2. The van der Waals surface area contributed by atoms with Crippen LogP contribution in [-0.2, 0) is 16.1 Å². The molecule has 1 aromatic carbocycles. The Balaban J connectivity index is 1.81. The van der Waals surface area contributed by atoms with Gasteiger partial charge < -0.3 is 24.8 Å². The number of methoxy groups -OCH3 is 2. The molecule has 0 radical (unpaired) electrons. The van der Waals surface area contributed by atoms with E-state index >= 15 is 0 Å². The zero-order valence-corrected chi connectivity index (χ0v) is 18.5. The minimum absolute atomic E-state index is 0.0971. The number of hydrogen-bond acceptors (Lipinski definition) is 9. The van der Waals surface area contributed by atoms with Gasteiger partial charge in [-0.1, -0.05) is 6.07 Å². The molecule has 2 heterocycles. The fraction of sp³-hybridized carbons (Fsp3) is 0.200. The number of aromatic nitrogens is 1. The Kier molecular flexibility index (Phi) is 7.21. The second-order valence-corrected chi connectivity index (χ2v) is 7.89. The second kappa shape index (κ2) is 10.0. The number of carbonyl (C=O) groups excluding carboxylic acids is 3. The Morgan fingerprint density at radius 2 is 1.81 bits per heavy atom. The molecule has 0 aliphatic carbocycles. The summed E-state index contributed by atoms with van der Waals surface area (Å²) >= 11 is 2.49. The largest absolute Gasteiger partial charge is 0.493 e. The number of anilines is 2. The number of ether oxygens (including phenoxy) is 3. The van der Waals surface area contributed by atoms with Crippen LogP contribution in [-0.4, -0.2) is 37.0 Å². The van der Waals surface area contributed by atoms with Crippen LogP contribution in [0, 0.1) is 0 Å². The summed E-state index contributed by atoms with van der Waals surface area (Å²) in [5, 5.41) is 9.15. The van der Waals surface area contributed by atoms with Crippen LogP contribution in [0.15, 0.2) is 35.0 Å². The summed E-state index contributed by atoms with van der Waals surface area (Å²) in [6, 6.07) is 6.37. The molecule has 9 nitrogen and oxygen atoms in total. The van der Waals surface area contributed by atoms with Gasteiger partial charge in [-0.05, 0) is 11.4 Å². The number of amides is 2. The van der Waals surface area contributed by atoms with Gasteiger partial charge in [-0.25, -0.2) is 9.78 Å². The molecule has 0 bridgehead atoms. The molecule has 3 aromatic rings.